The molecule has 1 N–H and O–H groups in total. The Morgan fingerprint density at radius 3 is 2.35 bits per heavy atom. The van der Waals surface area contributed by atoms with Crippen molar-refractivity contribution >= 4 is 5.91 Å². The van der Waals surface area contributed by atoms with Gasteiger partial charge in [0.25, 0.3) is 0 Å². The summed E-state index contributed by atoms with van der Waals surface area (Å²) in [5.74, 6) is 0.673. The minimum atomic E-state index is 0.259. The molecule has 2 aliphatic heterocycles. The van der Waals surface area contributed by atoms with Gasteiger partial charge >= 0.3 is 0 Å². The number of likely N-dealkylation sites (tertiary alicyclic amines) is 1. The normalized spacial score (nSPS) is 39.1. The van der Waals surface area contributed by atoms with Crippen molar-refractivity contribution in [3.8, 4) is 0 Å². The predicted octanol–water partition coefficient (Wildman–Crippen LogP) is 2.16. The first kappa shape index (κ1) is 12.9. The van der Waals surface area contributed by atoms with Gasteiger partial charge in [0.15, 0.2) is 0 Å². The Morgan fingerprint density at radius 1 is 1.12 bits per heavy atom. The summed E-state index contributed by atoms with van der Waals surface area (Å²) in [5, 5.41) is 3.42. The highest BCUT2D eigenvalue weighted by atomic mass is 16.2. The molecule has 2 fully saturated rings. The maximum atomic E-state index is 12.6. The van der Waals surface area contributed by atoms with Crippen LogP contribution in [0.1, 0.15) is 52.9 Å². The summed E-state index contributed by atoms with van der Waals surface area (Å²) >= 11 is 0. The molecule has 0 bridgehead atoms. The van der Waals surface area contributed by atoms with Crippen LogP contribution >= 0.6 is 0 Å². The fraction of sp³-hybridized carbons (Fsp3) is 0.929. The number of carbonyl (C=O) groups excluding carboxylic acids is 1. The van der Waals surface area contributed by atoms with Gasteiger partial charge in [0.1, 0.15) is 0 Å². The molecule has 17 heavy (non-hydrogen) atoms. The minimum absolute atomic E-state index is 0.259. The van der Waals surface area contributed by atoms with Crippen LogP contribution in [0.2, 0.25) is 0 Å². The van der Waals surface area contributed by atoms with Crippen LogP contribution in [-0.4, -0.2) is 35.5 Å². The number of nitrogens with one attached hydrogen (secondary N) is 1. The number of hydrogen-bond acceptors (Lipinski definition) is 2. The molecule has 4 atom stereocenters. The molecule has 2 heterocycles. The molecule has 0 saturated carbocycles. The van der Waals surface area contributed by atoms with Crippen molar-refractivity contribution in [3.63, 3.8) is 0 Å². The zero-order valence-electron chi connectivity index (χ0n) is 11.4. The maximum absolute atomic E-state index is 12.6. The lowest BCUT2D eigenvalue weighted by molar-refractivity contribution is -0.143. The Morgan fingerprint density at radius 2 is 1.76 bits per heavy atom. The third kappa shape index (κ3) is 2.82. The second kappa shape index (κ2) is 5.38. The van der Waals surface area contributed by atoms with Crippen molar-refractivity contribution in [1.29, 1.82) is 0 Å². The van der Waals surface area contributed by atoms with E-state index in [1.54, 1.807) is 0 Å². The zero-order valence-corrected chi connectivity index (χ0v) is 11.4. The van der Waals surface area contributed by atoms with Crippen LogP contribution in [0.5, 0.6) is 0 Å². The molecule has 0 aromatic carbocycles. The summed E-state index contributed by atoms with van der Waals surface area (Å²) in [7, 11) is 0. The van der Waals surface area contributed by atoms with Gasteiger partial charge in [-0.1, -0.05) is 0 Å². The third-order valence-corrected chi connectivity index (χ3v) is 4.42. The molecule has 2 saturated heterocycles. The molecule has 2 aliphatic rings. The fourth-order valence-corrected chi connectivity index (χ4v) is 3.42. The van der Waals surface area contributed by atoms with Gasteiger partial charge in [-0.3, -0.25) is 4.79 Å². The molecular formula is C14H26N2O. The predicted molar refractivity (Wildman–Crippen MR) is 69.8 cm³/mol. The van der Waals surface area contributed by atoms with E-state index in [1.807, 2.05) is 0 Å². The van der Waals surface area contributed by atoms with Gasteiger partial charge in [0.05, 0.1) is 0 Å². The lowest BCUT2D eigenvalue weighted by Gasteiger charge is -2.42. The maximum Gasteiger partial charge on any atom is 0.226 e. The third-order valence-electron chi connectivity index (χ3n) is 4.42. The van der Waals surface area contributed by atoms with Crippen molar-refractivity contribution < 1.29 is 4.79 Å². The largest absolute Gasteiger partial charge is 0.337 e. The van der Waals surface area contributed by atoms with Crippen LogP contribution in [0.25, 0.3) is 0 Å². The number of rotatable bonds is 1. The first-order chi connectivity index (χ1) is 8.09. The number of amides is 1. The van der Waals surface area contributed by atoms with E-state index in [2.05, 4.69) is 31.0 Å². The van der Waals surface area contributed by atoms with Crippen LogP contribution in [0.4, 0.5) is 0 Å². The fourth-order valence-electron chi connectivity index (χ4n) is 3.42. The first-order valence-corrected chi connectivity index (χ1v) is 7.15. The number of carbonyl (C=O) groups is 1. The van der Waals surface area contributed by atoms with Gasteiger partial charge in [0, 0.05) is 24.0 Å². The highest BCUT2D eigenvalue weighted by Crippen LogP contribution is 2.27. The van der Waals surface area contributed by atoms with E-state index in [4.69, 9.17) is 0 Å². The van der Waals surface area contributed by atoms with Crippen LogP contribution < -0.4 is 5.32 Å². The van der Waals surface area contributed by atoms with E-state index in [0.717, 1.165) is 19.4 Å². The summed E-state index contributed by atoms with van der Waals surface area (Å²) in [6.07, 6.45) is 5.65. The summed E-state index contributed by atoms with van der Waals surface area (Å²) in [5.41, 5.74) is 0. The van der Waals surface area contributed by atoms with Crippen LogP contribution in [0.15, 0.2) is 0 Å². The SMILES string of the molecule is CC1CC(C(=O)N2[C@H](C)CCC[C@@H]2C)CCN1. The second-order valence-electron chi connectivity index (χ2n) is 5.95. The van der Waals surface area contributed by atoms with Crippen molar-refractivity contribution in [1.82, 2.24) is 10.2 Å². The number of nitrogens with zero attached hydrogens (tertiary/aromatic N) is 1. The van der Waals surface area contributed by atoms with E-state index in [1.165, 1.54) is 19.3 Å². The average Bonchev–Trinajstić information content (AvgIpc) is 2.28. The summed E-state index contributed by atoms with van der Waals surface area (Å²) < 4.78 is 0. The van der Waals surface area contributed by atoms with Crippen molar-refractivity contribution in [2.24, 2.45) is 5.92 Å². The summed E-state index contributed by atoms with van der Waals surface area (Å²) in [6.45, 7) is 7.59. The Bertz CT molecular complexity index is 269. The topological polar surface area (TPSA) is 32.3 Å². The molecule has 0 aliphatic carbocycles. The molecule has 3 nitrogen and oxygen atoms in total. The molecule has 0 aromatic heterocycles. The Hall–Kier alpha value is -0.570. The Balaban J connectivity index is 2.02. The number of hydrogen-bond donors (Lipinski definition) is 1. The Labute approximate surface area is 105 Å². The van der Waals surface area contributed by atoms with E-state index in [0.29, 0.717) is 24.0 Å². The second-order valence-corrected chi connectivity index (χ2v) is 5.95. The van der Waals surface area contributed by atoms with Gasteiger partial charge in [0.2, 0.25) is 5.91 Å². The number of piperidine rings is 2. The van der Waals surface area contributed by atoms with Gasteiger partial charge in [-0.15, -0.1) is 0 Å². The molecule has 2 unspecified atom stereocenters. The molecule has 2 rings (SSSR count). The molecular weight excluding hydrogens is 212 g/mol. The standard InChI is InChI=1S/C14H26N2O/c1-10-9-13(7-8-15-10)14(17)16-11(2)5-4-6-12(16)3/h10-13,15H,4-9H2,1-3H3/t10?,11-,12+,13?. The van der Waals surface area contributed by atoms with E-state index in [-0.39, 0.29) is 5.92 Å². The van der Waals surface area contributed by atoms with Gasteiger partial charge in [-0.2, -0.15) is 0 Å². The van der Waals surface area contributed by atoms with Crippen LogP contribution in [0, 0.1) is 5.92 Å². The Kier molecular flexibility index (Phi) is 4.08. The highest BCUT2D eigenvalue weighted by molar-refractivity contribution is 5.79. The monoisotopic (exact) mass is 238 g/mol. The average molecular weight is 238 g/mol. The summed E-state index contributed by atoms with van der Waals surface area (Å²) in [4.78, 5) is 14.8. The van der Waals surface area contributed by atoms with Gasteiger partial charge in [-0.25, -0.2) is 0 Å². The lowest BCUT2D eigenvalue weighted by atomic mass is 9.89. The van der Waals surface area contributed by atoms with Crippen molar-refractivity contribution in [2.45, 2.75) is 71.0 Å². The molecule has 1 amide bonds. The van der Waals surface area contributed by atoms with Crippen LogP contribution in [0.3, 0.4) is 0 Å². The molecule has 0 radical (unpaired) electrons. The molecule has 3 heteroatoms. The first-order valence-electron chi connectivity index (χ1n) is 7.15. The lowest BCUT2D eigenvalue weighted by Crippen LogP contribution is -2.52. The van der Waals surface area contributed by atoms with E-state index < -0.39 is 0 Å². The van der Waals surface area contributed by atoms with Crippen molar-refractivity contribution in [3.05, 3.63) is 0 Å². The van der Waals surface area contributed by atoms with Crippen LogP contribution in [-0.2, 0) is 4.79 Å². The minimum Gasteiger partial charge on any atom is -0.337 e. The van der Waals surface area contributed by atoms with Gasteiger partial charge in [-0.05, 0) is 59.4 Å². The molecule has 0 aromatic rings. The molecule has 0 spiro atoms. The summed E-state index contributed by atoms with van der Waals surface area (Å²) in [6, 6.07) is 1.38. The smallest absolute Gasteiger partial charge is 0.226 e. The van der Waals surface area contributed by atoms with E-state index in [9.17, 15) is 4.79 Å². The van der Waals surface area contributed by atoms with Crippen molar-refractivity contribution in [2.75, 3.05) is 6.54 Å². The van der Waals surface area contributed by atoms with Gasteiger partial charge < -0.3 is 10.2 Å². The molecule has 98 valence electrons. The zero-order chi connectivity index (χ0) is 12.4. The quantitative estimate of drug-likeness (QED) is 0.759. The van der Waals surface area contributed by atoms with E-state index >= 15 is 0 Å². The highest BCUT2D eigenvalue weighted by Gasteiger charge is 2.34.